The number of nitrogens with one attached hydrogen (secondary N) is 1. The van der Waals surface area contributed by atoms with Gasteiger partial charge in [-0.3, -0.25) is 10.1 Å². The van der Waals surface area contributed by atoms with E-state index in [-0.39, 0.29) is 11.7 Å². The molecule has 2 saturated carbocycles. The van der Waals surface area contributed by atoms with Gasteiger partial charge in [-0.25, -0.2) is 0 Å². The minimum Gasteiger partial charge on any atom is -0.324 e. The van der Waals surface area contributed by atoms with Gasteiger partial charge in [0.1, 0.15) is 0 Å². The first-order valence-electron chi connectivity index (χ1n) is 7.25. The molecular weight excluding hydrogens is 244 g/mol. The zero-order valence-corrected chi connectivity index (χ0v) is 12.3. The van der Waals surface area contributed by atoms with E-state index < -0.39 is 0 Å². The highest BCUT2D eigenvalue weighted by molar-refractivity contribution is 8.00. The van der Waals surface area contributed by atoms with Gasteiger partial charge in [0.05, 0.1) is 11.7 Å². The molecule has 1 unspecified atom stereocenters. The molecule has 3 fully saturated rings. The van der Waals surface area contributed by atoms with Crippen molar-refractivity contribution in [1.29, 1.82) is 0 Å². The molecule has 3 rings (SSSR count). The monoisotopic (exact) mass is 268 g/mol. The number of rotatable bonds is 3. The van der Waals surface area contributed by atoms with Gasteiger partial charge in [0, 0.05) is 11.3 Å². The summed E-state index contributed by atoms with van der Waals surface area (Å²) in [6.07, 6.45) is 11.1. The molecule has 1 spiro atoms. The van der Waals surface area contributed by atoms with Crippen LogP contribution in [0.2, 0.25) is 0 Å². The second-order valence-electron chi connectivity index (χ2n) is 6.28. The molecule has 0 bridgehead atoms. The van der Waals surface area contributed by atoms with Gasteiger partial charge >= 0.3 is 0 Å². The van der Waals surface area contributed by atoms with E-state index >= 15 is 0 Å². The molecule has 0 aromatic carbocycles. The van der Waals surface area contributed by atoms with Crippen LogP contribution in [-0.4, -0.2) is 40.1 Å². The van der Waals surface area contributed by atoms with E-state index in [0.29, 0.717) is 10.7 Å². The van der Waals surface area contributed by atoms with Gasteiger partial charge in [-0.1, -0.05) is 19.3 Å². The Kier molecular flexibility index (Phi) is 3.14. The number of hydrogen-bond acceptors (Lipinski definition) is 3. The van der Waals surface area contributed by atoms with Gasteiger partial charge < -0.3 is 4.90 Å². The summed E-state index contributed by atoms with van der Waals surface area (Å²) < 4.78 is 0.324. The van der Waals surface area contributed by atoms with E-state index in [1.165, 1.54) is 32.1 Å². The lowest BCUT2D eigenvalue weighted by atomic mass is 9.87. The van der Waals surface area contributed by atoms with Crippen LogP contribution in [0.3, 0.4) is 0 Å². The Hall–Kier alpha value is -0.220. The van der Waals surface area contributed by atoms with Crippen molar-refractivity contribution in [3.63, 3.8) is 0 Å². The van der Waals surface area contributed by atoms with Crippen LogP contribution in [-0.2, 0) is 4.79 Å². The summed E-state index contributed by atoms with van der Waals surface area (Å²) >= 11 is 1.98. The molecule has 1 heterocycles. The summed E-state index contributed by atoms with van der Waals surface area (Å²) in [6.45, 7) is 3.09. The van der Waals surface area contributed by atoms with Gasteiger partial charge in [-0.15, -0.1) is 0 Å². The summed E-state index contributed by atoms with van der Waals surface area (Å²) in [5, 5.41) is 3.50. The normalized spacial score (nSPS) is 33.1. The molecule has 18 heavy (non-hydrogen) atoms. The molecule has 1 aliphatic heterocycles. The smallest absolute Gasteiger partial charge is 0.244 e. The Bertz CT molecular complexity index is 348. The van der Waals surface area contributed by atoms with Crippen molar-refractivity contribution in [3.8, 4) is 0 Å². The zero-order valence-electron chi connectivity index (χ0n) is 11.5. The molecule has 0 radical (unpaired) electrons. The van der Waals surface area contributed by atoms with Gasteiger partial charge in [0.25, 0.3) is 0 Å². The summed E-state index contributed by atoms with van der Waals surface area (Å²) in [4.78, 5) is 14.6. The topological polar surface area (TPSA) is 32.3 Å². The van der Waals surface area contributed by atoms with E-state index in [2.05, 4.69) is 23.4 Å². The second-order valence-corrected chi connectivity index (χ2v) is 7.56. The van der Waals surface area contributed by atoms with Gasteiger partial charge in [-0.2, -0.15) is 11.8 Å². The van der Waals surface area contributed by atoms with Crippen molar-refractivity contribution >= 4 is 17.7 Å². The fraction of sp³-hybridized carbons (Fsp3) is 0.929. The molecule has 2 aliphatic carbocycles. The molecular formula is C14H24N2OS. The number of carbonyl (C=O) groups is 1. The fourth-order valence-electron chi connectivity index (χ4n) is 3.62. The van der Waals surface area contributed by atoms with E-state index in [9.17, 15) is 4.79 Å². The van der Waals surface area contributed by atoms with Gasteiger partial charge in [0.15, 0.2) is 0 Å². The highest BCUT2D eigenvalue weighted by Gasteiger charge is 2.58. The third kappa shape index (κ3) is 1.97. The SMILES string of the molecule is CSC1(CN2C(=O)C3(CC3)NC2C)CCCCC1. The molecule has 0 aromatic rings. The number of nitrogens with zero attached hydrogens (tertiary/aromatic N) is 1. The molecule has 1 N–H and O–H groups in total. The van der Waals surface area contributed by atoms with Crippen molar-refractivity contribution in [1.82, 2.24) is 10.2 Å². The third-order valence-corrected chi connectivity index (χ3v) is 6.43. The predicted octanol–water partition coefficient (Wildman–Crippen LogP) is 2.36. The number of carbonyl (C=O) groups excluding carboxylic acids is 1. The van der Waals surface area contributed by atoms with Crippen LogP contribution in [0.25, 0.3) is 0 Å². The van der Waals surface area contributed by atoms with Crippen molar-refractivity contribution < 1.29 is 4.79 Å². The van der Waals surface area contributed by atoms with Crippen LogP contribution in [0, 0.1) is 0 Å². The maximum absolute atomic E-state index is 12.5. The Labute approximate surface area is 114 Å². The predicted molar refractivity (Wildman–Crippen MR) is 75.6 cm³/mol. The average molecular weight is 268 g/mol. The minimum absolute atomic E-state index is 0.145. The lowest BCUT2D eigenvalue weighted by Gasteiger charge is -2.39. The lowest BCUT2D eigenvalue weighted by Crippen LogP contribution is -2.46. The van der Waals surface area contributed by atoms with Crippen LogP contribution in [0.15, 0.2) is 0 Å². The van der Waals surface area contributed by atoms with Crippen molar-refractivity contribution in [2.24, 2.45) is 0 Å². The van der Waals surface area contributed by atoms with Gasteiger partial charge in [-0.05, 0) is 38.9 Å². The molecule has 1 amide bonds. The van der Waals surface area contributed by atoms with E-state index in [1.54, 1.807) is 0 Å². The molecule has 1 saturated heterocycles. The maximum atomic E-state index is 12.5. The molecule has 102 valence electrons. The van der Waals surface area contributed by atoms with Crippen molar-refractivity contribution in [2.75, 3.05) is 12.8 Å². The molecule has 1 atom stereocenters. The molecule has 4 heteroatoms. The first-order valence-corrected chi connectivity index (χ1v) is 8.47. The Morgan fingerprint density at radius 3 is 2.44 bits per heavy atom. The van der Waals surface area contributed by atoms with E-state index in [0.717, 1.165) is 19.4 Å². The standard InChI is InChI=1S/C14H24N2OS/c1-11-15-14(8-9-14)12(17)16(11)10-13(18-2)6-4-3-5-7-13/h11,15H,3-10H2,1-2H3. The summed E-state index contributed by atoms with van der Waals surface area (Å²) in [5.74, 6) is 0.369. The van der Waals surface area contributed by atoms with Gasteiger partial charge in [0.2, 0.25) is 5.91 Å². The maximum Gasteiger partial charge on any atom is 0.244 e. The van der Waals surface area contributed by atoms with Crippen LogP contribution >= 0.6 is 11.8 Å². The van der Waals surface area contributed by atoms with Crippen LogP contribution in [0.4, 0.5) is 0 Å². The van der Waals surface area contributed by atoms with Crippen LogP contribution in [0.5, 0.6) is 0 Å². The van der Waals surface area contributed by atoms with Crippen LogP contribution in [0.1, 0.15) is 51.9 Å². The average Bonchev–Trinajstić information content (AvgIpc) is 3.13. The highest BCUT2D eigenvalue weighted by Crippen LogP contribution is 2.45. The lowest BCUT2D eigenvalue weighted by molar-refractivity contribution is -0.131. The number of thioether (sulfide) groups is 1. The minimum atomic E-state index is -0.145. The van der Waals surface area contributed by atoms with E-state index in [1.807, 2.05) is 11.8 Å². The van der Waals surface area contributed by atoms with E-state index in [4.69, 9.17) is 0 Å². The van der Waals surface area contributed by atoms with Crippen molar-refractivity contribution in [2.45, 2.75) is 68.3 Å². The summed E-state index contributed by atoms with van der Waals surface area (Å²) in [6, 6.07) is 0. The van der Waals surface area contributed by atoms with Crippen molar-refractivity contribution in [3.05, 3.63) is 0 Å². The Balaban J connectivity index is 1.73. The zero-order chi connectivity index (χ0) is 12.8. The fourth-order valence-corrected chi connectivity index (χ4v) is 4.58. The second kappa shape index (κ2) is 4.41. The first-order chi connectivity index (χ1) is 8.61. The number of hydrogen-bond donors (Lipinski definition) is 1. The van der Waals surface area contributed by atoms with Crippen LogP contribution < -0.4 is 5.32 Å². The first kappa shape index (κ1) is 12.8. The molecule has 3 nitrogen and oxygen atoms in total. The Morgan fingerprint density at radius 1 is 1.28 bits per heavy atom. The number of amides is 1. The molecule has 3 aliphatic rings. The molecule has 0 aromatic heterocycles. The summed E-state index contributed by atoms with van der Waals surface area (Å²) in [7, 11) is 0. The summed E-state index contributed by atoms with van der Waals surface area (Å²) in [5.41, 5.74) is -0.145. The third-order valence-electron chi connectivity index (χ3n) is 5.03. The Morgan fingerprint density at radius 2 is 1.94 bits per heavy atom. The quantitative estimate of drug-likeness (QED) is 0.853. The highest BCUT2D eigenvalue weighted by atomic mass is 32.2. The largest absolute Gasteiger partial charge is 0.324 e.